The van der Waals surface area contributed by atoms with Crippen molar-refractivity contribution in [1.29, 1.82) is 0 Å². The molecule has 0 aliphatic carbocycles. The number of nitrogen functional groups attached to an aromatic ring is 1. The van der Waals surface area contributed by atoms with Crippen LogP contribution in [0.4, 0.5) is 22.2 Å². The summed E-state index contributed by atoms with van der Waals surface area (Å²) in [4.78, 5) is 35.9. The van der Waals surface area contributed by atoms with Gasteiger partial charge in [-0.05, 0) is 37.1 Å². The van der Waals surface area contributed by atoms with E-state index in [0.29, 0.717) is 54.6 Å². The van der Waals surface area contributed by atoms with Crippen molar-refractivity contribution in [2.24, 2.45) is 0 Å². The molecule has 1 aliphatic rings. The minimum atomic E-state index is -0.305. The van der Waals surface area contributed by atoms with Crippen molar-refractivity contribution >= 4 is 29.3 Å². The van der Waals surface area contributed by atoms with Crippen molar-refractivity contribution in [3.8, 4) is 11.5 Å². The van der Waals surface area contributed by atoms with Crippen LogP contribution in [0.1, 0.15) is 28.8 Å². The topological polar surface area (TPSA) is 132 Å². The van der Waals surface area contributed by atoms with E-state index in [1.807, 2.05) is 12.1 Å². The minimum absolute atomic E-state index is 0.0699. The Bertz CT molecular complexity index is 1210. The number of nitrogens with two attached hydrogens (primary N) is 1. The molecule has 1 aliphatic heterocycles. The van der Waals surface area contributed by atoms with Gasteiger partial charge in [0, 0.05) is 25.3 Å². The van der Waals surface area contributed by atoms with Gasteiger partial charge in [-0.25, -0.2) is 9.78 Å². The fourth-order valence-electron chi connectivity index (χ4n) is 3.97. The third kappa shape index (κ3) is 5.43. The molecule has 4 N–H and O–H groups in total. The highest BCUT2D eigenvalue weighted by atomic mass is 16.5. The summed E-state index contributed by atoms with van der Waals surface area (Å²) in [7, 11) is 3.07. The summed E-state index contributed by atoms with van der Waals surface area (Å²) >= 11 is 0. The molecule has 10 heteroatoms. The Labute approximate surface area is 203 Å². The lowest BCUT2D eigenvalue weighted by Gasteiger charge is -2.32. The van der Waals surface area contributed by atoms with Gasteiger partial charge in [-0.1, -0.05) is 24.3 Å². The Balaban J connectivity index is 1.34. The first-order valence-electron chi connectivity index (χ1n) is 11.3. The Morgan fingerprint density at radius 1 is 0.971 bits per heavy atom. The van der Waals surface area contributed by atoms with Crippen molar-refractivity contribution in [1.82, 2.24) is 14.9 Å². The molecule has 0 atom stereocenters. The number of aromatic nitrogens is 2. The number of hydrogen-bond acceptors (Lipinski definition) is 8. The third-order valence-electron chi connectivity index (χ3n) is 5.88. The van der Waals surface area contributed by atoms with Crippen LogP contribution in [0, 0.1) is 0 Å². The van der Waals surface area contributed by atoms with E-state index < -0.39 is 0 Å². The maximum absolute atomic E-state index is 12.9. The van der Waals surface area contributed by atoms with Gasteiger partial charge >= 0.3 is 6.03 Å². The SMILES string of the molecule is COc1ccccc1NC(=O)N1CCC(Nc2ncc(C(=O)c3ccccc3OC)c(N)n2)CC1. The summed E-state index contributed by atoms with van der Waals surface area (Å²) in [6.45, 7) is 1.14. The molecule has 4 rings (SSSR count). The number of rotatable bonds is 7. The molecular formula is C25H28N6O4. The van der Waals surface area contributed by atoms with Gasteiger partial charge in [-0.3, -0.25) is 4.79 Å². The first-order chi connectivity index (χ1) is 17.0. The molecule has 2 aromatic carbocycles. The minimum Gasteiger partial charge on any atom is -0.496 e. The fraction of sp³-hybridized carbons (Fsp3) is 0.280. The fourth-order valence-corrected chi connectivity index (χ4v) is 3.97. The lowest BCUT2D eigenvalue weighted by Crippen LogP contribution is -2.44. The zero-order chi connectivity index (χ0) is 24.8. The lowest BCUT2D eigenvalue weighted by molar-refractivity contribution is 0.103. The molecule has 10 nitrogen and oxygen atoms in total. The molecule has 1 fully saturated rings. The number of carbonyl (C=O) groups excluding carboxylic acids is 2. The van der Waals surface area contributed by atoms with Gasteiger partial charge in [0.2, 0.25) is 11.7 Å². The maximum Gasteiger partial charge on any atom is 0.321 e. The molecule has 2 amide bonds. The zero-order valence-corrected chi connectivity index (χ0v) is 19.7. The molecule has 182 valence electrons. The number of ether oxygens (including phenoxy) is 2. The second-order valence-corrected chi connectivity index (χ2v) is 8.06. The number of anilines is 3. The van der Waals surface area contributed by atoms with Gasteiger partial charge in [0.15, 0.2) is 0 Å². The van der Waals surface area contributed by atoms with Crippen LogP contribution in [0.15, 0.2) is 54.7 Å². The quantitative estimate of drug-likeness (QED) is 0.442. The molecule has 0 bridgehead atoms. The Morgan fingerprint density at radius 2 is 1.63 bits per heavy atom. The molecule has 1 saturated heterocycles. The van der Waals surface area contributed by atoms with E-state index in [4.69, 9.17) is 15.2 Å². The Kier molecular flexibility index (Phi) is 7.30. The van der Waals surface area contributed by atoms with Gasteiger partial charge in [0.25, 0.3) is 0 Å². The van der Waals surface area contributed by atoms with E-state index in [1.54, 1.807) is 48.4 Å². The number of hydrogen-bond donors (Lipinski definition) is 3. The second kappa shape index (κ2) is 10.7. The van der Waals surface area contributed by atoms with Crippen LogP contribution < -0.4 is 25.8 Å². The molecule has 0 spiro atoms. The van der Waals surface area contributed by atoms with Crippen molar-refractivity contribution in [2.75, 3.05) is 43.7 Å². The summed E-state index contributed by atoms with van der Waals surface area (Å²) in [5.41, 5.74) is 7.33. The number of amides is 2. The van der Waals surface area contributed by atoms with Gasteiger partial charge in [0.05, 0.1) is 31.0 Å². The molecule has 1 aromatic heterocycles. The van der Waals surface area contributed by atoms with Crippen molar-refractivity contribution in [3.63, 3.8) is 0 Å². The summed E-state index contributed by atoms with van der Waals surface area (Å²) in [6.07, 6.45) is 2.85. The monoisotopic (exact) mass is 476 g/mol. The summed E-state index contributed by atoms with van der Waals surface area (Å²) in [5, 5.41) is 6.16. The average molecular weight is 477 g/mol. The molecule has 0 saturated carbocycles. The Hall–Kier alpha value is -4.34. The summed E-state index contributed by atoms with van der Waals surface area (Å²) in [6, 6.07) is 14.1. The van der Waals surface area contributed by atoms with E-state index in [0.717, 1.165) is 0 Å². The van der Waals surface area contributed by atoms with Gasteiger partial charge in [0.1, 0.15) is 17.3 Å². The first-order valence-corrected chi connectivity index (χ1v) is 11.3. The molecule has 2 heterocycles. The summed E-state index contributed by atoms with van der Waals surface area (Å²) < 4.78 is 10.6. The van der Waals surface area contributed by atoms with Crippen LogP contribution in [0.2, 0.25) is 0 Å². The van der Waals surface area contributed by atoms with Crippen molar-refractivity contribution in [2.45, 2.75) is 18.9 Å². The number of likely N-dealkylation sites (tertiary alicyclic amines) is 1. The third-order valence-corrected chi connectivity index (χ3v) is 5.88. The number of piperidine rings is 1. The number of ketones is 1. The predicted octanol–water partition coefficient (Wildman–Crippen LogP) is 3.42. The smallest absolute Gasteiger partial charge is 0.321 e. The maximum atomic E-state index is 12.9. The molecule has 0 unspecified atom stereocenters. The van der Waals surface area contributed by atoms with Gasteiger partial charge in [-0.15, -0.1) is 0 Å². The van der Waals surface area contributed by atoms with Crippen molar-refractivity contribution < 1.29 is 19.1 Å². The number of methoxy groups -OCH3 is 2. The zero-order valence-electron chi connectivity index (χ0n) is 19.7. The average Bonchev–Trinajstić information content (AvgIpc) is 2.89. The molecule has 35 heavy (non-hydrogen) atoms. The van der Waals surface area contributed by atoms with Crippen LogP contribution in [0.3, 0.4) is 0 Å². The highest BCUT2D eigenvalue weighted by Crippen LogP contribution is 2.25. The van der Waals surface area contributed by atoms with E-state index in [2.05, 4.69) is 20.6 Å². The highest BCUT2D eigenvalue weighted by Gasteiger charge is 2.25. The van der Waals surface area contributed by atoms with Crippen LogP contribution in [0.25, 0.3) is 0 Å². The van der Waals surface area contributed by atoms with E-state index >= 15 is 0 Å². The number of carbonyl (C=O) groups is 2. The Morgan fingerprint density at radius 3 is 2.31 bits per heavy atom. The van der Waals surface area contributed by atoms with Crippen molar-refractivity contribution in [3.05, 3.63) is 65.9 Å². The van der Waals surface area contributed by atoms with E-state index in [-0.39, 0.29) is 29.2 Å². The molecule has 0 radical (unpaired) electrons. The van der Waals surface area contributed by atoms with Gasteiger partial charge in [-0.2, -0.15) is 4.98 Å². The van der Waals surface area contributed by atoms with E-state index in [1.165, 1.54) is 13.3 Å². The normalized spacial score (nSPS) is 13.7. The molecular weight excluding hydrogens is 448 g/mol. The van der Waals surface area contributed by atoms with Crippen LogP contribution >= 0.6 is 0 Å². The van der Waals surface area contributed by atoms with Crippen LogP contribution in [-0.4, -0.2) is 60.0 Å². The van der Waals surface area contributed by atoms with Crippen LogP contribution in [0.5, 0.6) is 11.5 Å². The lowest BCUT2D eigenvalue weighted by atomic mass is 10.0. The van der Waals surface area contributed by atoms with Crippen LogP contribution in [-0.2, 0) is 0 Å². The highest BCUT2D eigenvalue weighted by molar-refractivity contribution is 6.13. The second-order valence-electron chi connectivity index (χ2n) is 8.06. The number of nitrogens with one attached hydrogen (secondary N) is 2. The largest absolute Gasteiger partial charge is 0.496 e. The summed E-state index contributed by atoms with van der Waals surface area (Å²) in [5.74, 6) is 1.20. The standard InChI is InChI=1S/C25H28N6O4/c1-34-20-9-5-3-7-17(20)22(32)18-15-27-24(30-23(18)26)28-16-11-13-31(14-12-16)25(33)29-19-8-4-6-10-21(19)35-2/h3-10,15-16H,11-14H2,1-2H3,(H,29,33)(H3,26,27,28,30). The number of nitrogens with zero attached hydrogens (tertiary/aromatic N) is 3. The molecule has 3 aromatic rings. The van der Waals surface area contributed by atoms with Gasteiger partial charge < -0.3 is 30.7 Å². The number of benzene rings is 2. The number of urea groups is 1. The number of para-hydroxylation sites is 3. The predicted molar refractivity (Wildman–Crippen MR) is 133 cm³/mol. The first kappa shape index (κ1) is 23.8. The van der Waals surface area contributed by atoms with E-state index in [9.17, 15) is 9.59 Å².